The highest BCUT2D eigenvalue weighted by atomic mass is 14.3. The molecule has 0 radical (unpaired) electrons. The maximum atomic E-state index is 2.35. The van der Waals surface area contributed by atoms with Gasteiger partial charge in [-0.05, 0) is 99.4 Å². The summed E-state index contributed by atoms with van der Waals surface area (Å²) >= 11 is 0. The molecule has 0 atom stereocenters. The highest BCUT2D eigenvalue weighted by Gasteiger charge is 2.26. The molecule has 2 aliphatic rings. The Morgan fingerprint density at radius 2 is 0.545 bits per heavy atom. The predicted molar refractivity (Wildman–Crippen MR) is 187 cm³/mol. The van der Waals surface area contributed by atoms with Crippen molar-refractivity contribution in [2.75, 3.05) is 0 Å². The summed E-state index contributed by atoms with van der Waals surface area (Å²) in [6.45, 7) is 0. The monoisotopic (exact) mass is 554 g/mol. The van der Waals surface area contributed by atoms with Gasteiger partial charge in [0.25, 0.3) is 0 Å². The summed E-state index contributed by atoms with van der Waals surface area (Å²) < 4.78 is 0. The van der Waals surface area contributed by atoms with Gasteiger partial charge in [-0.3, -0.25) is 0 Å². The third-order valence-electron chi connectivity index (χ3n) is 9.80. The third-order valence-corrected chi connectivity index (χ3v) is 9.80. The molecule has 10 rings (SSSR count). The molecule has 0 aromatic heterocycles. The molecule has 0 spiro atoms. The van der Waals surface area contributed by atoms with E-state index in [1.807, 2.05) is 0 Å². The molecule has 44 heavy (non-hydrogen) atoms. The third kappa shape index (κ3) is 3.12. The molecule has 2 aliphatic carbocycles. The SMILES string of the molecule is c1ccc(-c2c(-c3ccc4c5c(cccc35)-c3ccccc3-4)cccc2-c2ccc3c4c(cccc24)-c2ccccc2-3)cc1. The second kappa shape index (κ2) is 8.89. The van der Waals surface area contributed by atoms with Gasteiger partial charge in [-0.2, -0.15) is 0 Å². The average molecular weight is 555 g/mol. The van der Waals surface area contributed by atoms with Crippen LogP contribution in [0.1, 0.15) is 0 Å². The summed E-state index contributed by atoms with van der Waals surface area (Å²) in [5.41, 5.74) is 18.2. The van der Waals surface area contributed by atoms with Crippen LogP contribution in [0.5, 0.6) is 0 Å². The fourth-order valence-electron chi connectivity index (χ4n) is 8.00. The van der Waals surface area contributed by atoms with E-state index in [9.17, 15) is 0 Å². The quantitative estimate of drug-likeness (QED) is 0.204. The van der Waals surface area contributed by atoms with Gasteiger partial charge in [0.2, 0.25) is 0 Å². The van der Waals surface area contributed by atoms with E-state index in [0.29, 0.717) is 0 Å². The van der Waals surface area contributed by atoms with Crippen molar-refractivity contribution in [2.24, 2.45) is 0 Å². The van der Waals surface area contributed by atoms with Crippen molar-refractivity contribution in [3.63, 3.8) is 0 Å². The minimum absolute atomic E-state index is 1.23. The van der Waals surface area contributed by atoms with Gasteiger partial charge >= 0.3 is 0 Å². The molecule has 0 aliphatic heterocycles. The Labute approximate surface area is 256 Å². The van der Waals surface area contributed by atoms with E-state index in [0.717, 1.165) is 0 Å². The Bertz CT molecular complexity index is 2270. The molecule has 0 saturated heterocycles. The fourth-order valence-corrected chi connectivity index (χ4v) is 8.00. The fraction of sp³-hybridized carbons (Fsp3) is 0. The first-order valence-corrected chi connectivity index (χ1v) is 15.4. The van der Waals surface area contributed by atoms with Crippen LogP contribution in [0.2, 0.25) is 0 Å². The van der Waals surface area contributed by atoms with Crippen molar-refractivity contribution >= 4 is 21.5 Å². The van der Waals surface area contributed by atoms with Gasteiger partial charge in [0.15, 0.2) is 0 Å². The van der Waals surface area contributed by atoms with Crippen LogP contribution in [0, 0.1) is 0 Å². The largest absolute Gasteiger partial charge is 0.0622 e. The molecule has 8 aromatic rings. The number of rotatable bonds is 3. The molecule has 0 bridgehead atoms. The number of hydrogen-bond donors (Lipinski definition) is 0. The van der Waals surface area contributed by atoms with Crippen molar-refractivity contribution in [3.05, 3.63) is 158 Å². The first-order chi connectivity index (χ1) is 21.9. The Kier molecular flexibility index (Phi) is 4.81. The van der Waals surface area contributed by atoms with Gasteiger partial charge in [-0.25, -0.2) is 0 Å². The topological polar surface area (TPSA) is 0 Å². The normalized spacial score (nSPS) is 12.1. The van der Waals surface area contributed by atoms with Crippen molar-refractivity contribution in [3.8, 4) is 77.9 Å². The van der Waals surface area contributed by atoms with Crippen molar-refractivity contribution in [2.45, 2.75) is 0 Å². The highest BCUT2D eigenvalue weighted by molar-refractivity contribution is 6.21. The molecular formula is C44H26. The second-order valence-corrected chi connectivity index (χ2v) is 12.0. The Morgan fingerprint density at radius 3 is 1.02 bits per heavy atom. The van der Waals surface area contributed by atoms with Gasteiger partial charge < -0.3 is 0 Å². The zero-order valence-electron chi connectivity index (χ0n) is 24.0. The van der Waals surface area contributed by atoms with Crippen LogP contribution < -0.4 is 0 Å². The van der Waals surface area contributed by atoms with Crippen molar-refractivity contribution in [1.82, 2.24) is 0 Å². The van der Waals surface area contributed by atoms with E-state index in [1.54, 1.807) is 0 Å². The second-order valence-electron chi connectivity index (χ2n) is 12.0. The van der Waals surface area contributed by atoms with Gasteiger partial charge in [-0.15, -0.1) is 0 Å². The zero-order chi connectivity index (χ0) is 28.8. The number of fused-ring (bicyclic) bond motifs is 6. The summed E-state index contributed by atoms with van der Waals surface area (Å²) in [5.74, 6) is 0. The van der Waals surface area contributed by atoms with E-state index in [-0.39, 0.29) is 0 Å². The first kappa shape index (κ1) is 23.8. The lowest BCUT2D eigenvalue weighted by Gasteiger charge is -2.19. The van der Waals surface area contributed by atoms with Gasteiger partial charge in [0.05, 0.1) is 0 Å². The Balaban J connectivity index is 1.28. The Morgan fingerprint density at radius 1 is 0.205 bits per heavy atom. The number of benzene rings is 8. The van der Waals surface area contributed by atoms with E-state index in [2.05, 4.69) is 158 Å². The molecule has 0 unspecified atom stereocenters. The van der Waals surface area contributed by atoms with E-state index >= 15 is 0 Å². The molecule has 0 heterocycles. The summed E-state index contributed by atoms with van der Waals surface area (Å²) in [6, 6.07) is 58.4. The molecule has 0 amide bonds. The molecule has 8 aromatic carbocycles. The molecular weight excluding hydrogens is 528 g/mol. The standard InChI is InChI=1S/C44H26/c1-2-11-27(12-3-1)42-34(32-23-25-40-30-15-6-4-13-28(30)36-19-9-21-38(32)43(36)40)17-8-18-35(42)33-24-26-41-31-16-7-5-14-29(31)37-20-10-22-39(33)44(37)41/h1-26H. The summed E-state index contributed by atoms with van der Waals surface area (Å²) in [6.07, 6.45) is 0. The molecule has 0 saturated carbocycles. The van der Waals surface area contributed by atoms with Gasteiger partial charge in [0.1, 0.15) is 0 Å². The first-order valence-electron chi connectivity index (χ1n) is 15.4. The van der Waals surface area contributed by atoms with Crippen molar-refractivity contribution in [1.29, 1.82) is 0 Å². The van der Waals surface area contributed by atoms with Crippen LogP contribution in [0.3, 0.4) is 0 Å². The van der Waals surface area contributed by atoms with E-state index in [4.69, 9.17) is 0 Å². The smallest absolute Gasteiger partial charge is 0.00201 e. The van der Waals surface area contributed by atoms with Gasteiger partial charge in [0, 0.05) is 0 Å². The van der Waals surface area contributed by atoms with Crippen LogP contribution in [0.25, 0.3) is 99.4 Å². The van der Waals surface area contributed by atoms with Crippen LogP contribution in [-0.4, -0.2) is 0 Å². The highest BCUT2D eigenvalue weighted by Crippen LogP contribution is 2.53. The van der Waals surface area contributed by atoms with Crippen molar-refractivity contribution < 1.29 is 0 Å². The molecule has 0 fully saturated rings. The summed E-state index contributed by atoms with van der Waals surface area (Å²) in [4.78, 5) is 0. The molecule has 202 valence electrons. The van der Waals surface area contributed by atoms with E-state index < -0.39 is 0 Å². The van der Waals surface area contributed by atoms with Crippen LogP contribution in [0.4, 0.5) is 0 Å². The minimum atomic E-state index is 1.23. The maximum Gasteiger partial charge on any atom is -0.00201 e. The lowest BCUT2D eigenvalue weighted by Crippen LogP contribution is -1.93. The van der Waals surface area contributed by atoms with Gasteiger partial charge in [-0.1, -0.05) is 158 Å². The lowest BCUT2D eigenvalue weighted by molar-refractivity contribution is 1.58. The zero-order valence-corrected chi connectivity index (χ0v) is 24.0. The Hall–Kier alpha value is -5.72. The molecule has 0 nitrogen and oxygen atoms in total. The van der Waals surface area contributed by atoms with Crippen LogP contribution >= 0.6 is 0 Å². The van der Waals surface area contributed by atoms with E-state index in [1.165, 1.54) is 99.4 Å². The minimum Gasteiger partial charge on any atom is -0.0622 e. The average Bonchev–Trinajstić information content (AvgIpc) is 3.60. The maximum absolute atomic E-state index is 2.35. The lowest BCUT2D eigenvalue weighted by atomic mass is 9.84. The summed E-state index contributed by atoms with van der Waals surface area (Å²) in [5, 5.41) is 5.33. The number of hydrogen-bond acceptors (Lipinski definition) is 0. The molecule has 0 N–H and O–H groups in total. The summed E-state index contributed by atoms with van der Waals surface area (Å²) in [7, 11) is 0. The molecule has 0 heteroatoms. The van der Waals surface area contributed by atoms with Crippen LogP contribution in [0.15, 0.2) is 158 Å². The predicted octanol–water partition coefficient (Wildman–Crippen LogP) is 12.3. The van der Waals surface area contributed by atoms with Crippen LogP contribution in [-0.2, 0) is 0 Å².